The first-order valence-electron chi connectivity index (χ1n) is 6.65. The Morgan fingerprint density at radius 2 is 2.28 bits per heavy atom. The van der Waals surface area contributed by atoms with Crippen molar-refractivity contribution in [3.05, 3.63) is 18.7 Å². The van der Waals surface area contributed by atoms with Gasteiger partial charge in [0.2, 0.25) is 5.91 Å². The molecular weight excluding hydrogens is 230 g/mol. The van der Waals surface area contributed by atoms with Gasteiger partial charge >= 0.3 is 0 Å². The largest absolute Gasteiger partial charge is 0.393 e. The molecule has 1 amide bonds. The molecule has 2 fully saturated rings. The fourth-order valence-electron chi connectivity index (χ4n) is 3.24. The van der Waals surface area contributed by atoms with Gasteiger partial charge in [0.25, 0.3) is 0 Å². The summed E-state index contributed by atoms with van der Waals surface area (Å²) in [4.78, 5) is 18.0. The molecule has 1 N–H and O–H groups in total. The SMILES string of the molecule is O=C(CCn1ccnc1)N1CC2CCC(O)C2C1. The van der Waals surface area contributed by atoms with Crippen LogP contribution in [0.1, 0.15) is 19.3 Å². The Morgan fingerprint density at radius 1 is 1.39 bits per heavy atom. The minimum Gasteiger partial charge on any atom is -0.393 e. The number of imidazole rings is 1. The summed E-state index contributed by atoms with van der Waals surface area (Å²) in [6.45, 7) is 2.27. The summed E-state index contributed by atoms with van der Waals surface area (Å²) < 4.78 is 1.92. The van der Waals surface area contributed by atoms with Gasteiger partial charge in [-0.1, -0.05) is 0 Å². The van der Waals surface area contributed by atoms with Crippen LogP contribution >= 0.6 is 0 Å². The highest BCUT2D eigenvalue weighted by molar-refractivity contribution is 5.76. The number of carbonyl (C=O) groups excluding carboxylic acids is 1. The topological polar surface area (TPSA) is 58.4 Å². The van der Waals surface area contributed by atoms with Crippen molar-refractivity contribution in [2.24, 2.45) is 11.8 Å². The van der Waals surface area contributed by atoms with Crippen molar-refractivity contribution in [2.45, 2.75) is 31.9 Å². The molecule has 0 radical (unpaired) electrons. The lowest BCUT2D eigenvalue weighted by Crippen LogP contribution is -2.31. The van der Waals surface area contributed by atoms with Gasteiger partial charge in [-0.3, -0.25) is 4.79 Å². The molecule has 1 saturated carbocycles. The Hall–Kier alpha value is -1.36. The van der Waals surface area contributed by atoms with Gasteiger partial charge < -0.3 is 14.6 Å². The number of aryl methyl sites for hydroxylation is 1. The molecule has 1 saturated heterocycles. The molecule has 1 aromatic heterocycles. The van der Waals surface area contributed by atoms with E-state index in [9.17, 15) is 9.90 Å². The quantitative estimate of drug-likeness (QED) is 0.848. The third-order valence-corrected chi connectivity index (χ3v) is 4.31. The van der Waals surface area contributed by atoms with Crippen LogP contribution in [0.2, 0.25) is 0 Å². The second kappa shape index (κ2) is 4.72. The molecule has 98 valence electrons. The number of rotatable bonds is 3. The molecule has 1 aromatic rings. The molecule has 3 atom stereocenters. The van der Waals surface area contributed by atoms with Gasteiger partial charge in [0.05, 0.1) is 12.4 Å². The Labute approximate surface area is 106 Å². The molecule has 2 aliphatic rings. The number of fused-ring (bicyclic) bond motifs is 1. The van der Waals surface area contributed by atoms with Crippen molar-refractivity contribution >= 4 is 5.91 Å². The maximum absolute atomic E-state index is 12.1. The van der Waals surface area contributed by atoms with E-state index in [0.717, 1.165) is 25.9 Å². The van der Waals surface area contributed by atoms with Crippen molar-refractivity contribution in [3.63, 3.8) is 0 Å². The Bertz CT molecular complexity index is 418. The Kier molecular flexibility index (Phi) is 3.07. The van der Waals surface area contributed by atoms with Gasteiger partial charge in [0, 0.05) is 44.4 Å². The van der Waals surface area contributed by atoms with Crippen molar-refractivity contribution in [1.29, 1.82) is 0 Å². The van der Waals surface area contributed by atoms with Crippen molar-refractivity contribution < 1.29 is 9.90 Å². The summed E-state index contributed by atoms with van der Waals surface area (Å²) in [5, 5.41) is 9.83. The summed E-state index contributed by atoms with van der Waals surface area (Å²) in [6.07, 6.45) is 7.63. The zero-order valence-corrected chi connectivity index (χ0v) is 10.4. The molecule has 5 heteroatoms. The van der Waals surface area contributed by atoms with E-state index in [1.807, 2.05) is 15.7 Å². The summed E-state index contributed by atoms with van der Waals surface area (Å²) >= 11 is 0. The molecule has 5 nitrogen and oxygen atoms in total. The highest BCUT2D eigenvalue weighted by Crippen LogP contribution is 2.38. The molecule has 2 heterocycles. The van der Waals surface area contributed by atoms with Crippen molar-refractivity contribution in [1.82, 2.24) is 14.5 Å². The van der Waals surface area contributed by atoms with Crippen molar-refractivity contribution in [3.8, 4) is 0 Å². The minimum absolute atomic E-state index is 0.193. The van der Waals surface area contributed by atoms with Crippen LogP contribution in [0, 0.1) is 11.8 Å². The zero-order chi connectivity index (χ0) is 12.5. The fourth-order valence-corrected chi connectivity index (χ4v) is 3.24. The molecule has 0 bridgehead atoms. The molecular formula is C13H19N3O2. The van der Waals surface area contributed by atoms with Crippen LogP contribution in [-0.2, 0) is 11.3 Å². The molecule has 3 rings (SSSR count). The summed E-state index contributed by atoms with van der Waals surface area (Å²) in [7, 11) is 0. The monoisotopic (exact) mass is 249 g/mol. The maximum atomic E-state index is 12.1. The van der Waals surface area contributed by atoms with Gasteiger partial charge in [-0.05, 0) is 18.8 Å². The fraction of sp³-hybridized carbons (Fsp3) is 0.692. The standard InChI is InChI=1S/C13H19N3O2/c17-12-2-1-10-7-16(8-11(10)12)13(18)3-5-15-6-4-14-9-15/h4,6,9-12,17H,1-3,5,7-8H2. The smallest absolute Gasteiger partial charge is 0.224 e. The number of aliphatic hydroxyl groups is 1. The predicted octanol–water partition coefficient (Wildman–Crippen LogP) is 0.502. The first kappa shape index (κ1) is 11.7. The highest BCUT2D eigenvalue weighted by Gasteiger charge is 2.42. The number of aliphatic hydroxyl groups excluding tert-OH is 1. The van der Waals surface area contributed by atoms with Crippen LogP contribution in [0.3, 0.4) is 0 Å². The Morgan fingerprint density at radius 3 is 3.00 bits per heavy atom. The Balaban J connectivity index is 1.52. The lowest BCUT2D eigenvalue weighted by atomic mass is 10.00. The average molecular weight is 249 g/mol. The van der Waals surface area contributed by atoms with Crippen molar-refractivity contribution in [2.75, 3.05) is 13.1 Å². The van der Waals surface area contributed by atoms with Crippen LogP contribution < -0.4 is 0 Å². The number of carbonyl (C=O) groups is 1. The molecule has 0 spiro atoms. The average Bonchev–Trinajstić information content (AvgIpc) is 3.05. The van der Waals surface area contributed by atoms with Crippen LogP contribution in [0.4, 0.5) is 0 Å². The first-order valence-corrected chi connectivity index (χ1v) is 6.65. The van der Waals surface area contributed by atoms with Gasteiger partial charge in [-0.2, -0.15) is 0 Å². The van der Waals surface area contributed by atoms with E-state index in [1.165, 1.54) is 0 Å². The predicted molar refractivity (Wildman–Crippen MR) is 65.6 cm³/mol. The number of amides is 1. The zero-order valence-electron chi connectivity index (χ0n) is 10.4. The third kappa shape index (κ3) is 2.14. The number of hydrogen-bond acceptors (Lipinski definition) is 3. The first-order chi connectivity index (χ1) is 8.74. The maximum Gasteiger partial charge on any atom is 0.224 e. The van der Waals surface area contributed by atoms with Gasteiger partial charge in [0.1, 0.15) is 0 Å². The number of hydrogen-bond donors (Lipinski definition) is 1. The lowest BCUT2D eigenvalue weighted by molar-refractivity contribution is -0.130. The lowest BCUT2D eigenvalue weighted by Gasteiger charge is -2.18. The molecule has 1 aliphatic heterocycles. The molecule has 18 heavy (non-hydrogen) atoms. The van der Waals surface area contributed by atoms with Gasteiger partial charge in [-0.15, -0.1) is 0 Å². The van der Waals surface area contributed by atoms with E-state index in [2.05, 4.69) is 4.98 Å². The normalized spacial score (nSPS) is 30.7. The molecule has 1 aliphatic carbocycles. The second-order valence-corrected chi connectivity index (χ2v) is 5.42. The van der Waals surface area contributed by atoms with Crippen LogP contribution in [0.5, 0.6) is 0 Å². The number of nitrogens with zero attached hydrogens (tertiary/aromatic N) is 3. The van der Waals surface area contributed by atoms with E-state index >= 15 is 0 Å². The third-order valence-electron chi connectivity index (χ3n) is 4.31. The van der Waals surface area contributed by atoms with Crippen LogP contribution in [0.15, 0.2) is 18.7 Å². The van der Waals surface area contributed by atoms with Crippen LogP contribution in [-0.4, -0.2) is 44.7 Å². The van der Waals surface area contributed by atoms with Gasteiger partial charge in [-0.25, -0.2) is 4.98 Å². The van der Waals surface area contributed by atoms with Crippen LogP contribution in [0.25, 0.3) is 0 Å². The number of likely N-dealkylation sites (tertiary alicyclic amines) is 1. The second-order valence-electron chi connectivity index (χ2n) is 5.42. The van der Waals surface area contributed by atoms with E-state index in [4.69, 9.17) is 0 Å². The number of aromatic nitrogens is 2. The van der Waals surface area contributed by atoms with Gasteiger partial charge in [0.15, 0.2) is 0 Å². The van der Waals surface area contributed by atoms with E-state index in [-0.39, 0.29) is 12.0 Å². The highest BCUT2D eigenvalue weighted by atomic mass is 16.3. The summed E-state index contributed by atoms with van der Waals surface area (Å²) in [5.41, 5.74) is 0. The van der Waals surface area contributed by atoms with E-state index < -0.39 is 0 Å². The van der Waals surface area contributed by atoms with E-state index in [0.29, 0.717) is 24.8 Å². The summed E-state index contributed by atoms with van der Waals surface area (Å²) in [5.74, 6) is 1.05. The molecule has 0 aromatic carbocycles. The van der Waals surface area contributed by atoms with E-state index in [1.54, 1.807) is 12.5 Å². The minimum atomic E-state index is -0.193. The summed E-state index contributed by atoms with van der Waals surface area (Å²) in [6, 6.07) is 0. The molecule has 3 unspecified atom stereocenters.